The first-order chi connectivity index (χ1) is 14.6. The molecular weight excluding hydrogens is 471 g/mol. The predicted molar refractivity (Wildman–Crippen MR) is 131 cm³/mol. The standard InChI is InChI=1S/C21H33NO5S3Si/c1-7-10-26-19(24)16-20(28-14-9-8-11-30(14)25)29-18-15(17(23)22(16)18)13(4)27-31-21(5,6)12(2)3/h7,12-15,18H,1,8-11,31H2,2-6H3/t13?,14?,15-,18+,30?/m0/s1. The highest BCUT2D eigenvalue weighted by Crippen LogP contribution is 2.56. The highest BCUT2D eigenvalue weighted by atomic mass is 32.3. The third kappa shape index (κ3) is 5.24. The van der Waals surface area contributed by atoms with Crippen LogP contribution in [0.4, 0.5) is 0 Å². The molecular formula is C21H33NO5S3Si. The number of esters is 1. The summed E-state index contributed by atoms with van der Waals surface area (Å²) in [5, 5.41) is -0.0167. The maximum atomic E-state index is 13.1. The molecule has 0 aliphatic carbocycles. The van der Waals surface area contributed by atoms with Gasteiger partial charge in [0.25, 0.3) is 0 Å². The van der Waals surface area contributed by atoms with Gasteiger partial charge in [-0.05, 0) is 35.5 Å². The molecule has 0 bridgehead atoms. The van der Waals surface area contributed by atoms with Crippen LogP contribution in [0.15, 0.2) is 22.6 Å². The Morgan fingerprint density at radius 3 is 2.77 bits per heavy atom. The van der Waals surface area contributed by atoms with Gasteiger partial charge in [-0.2, -0.15) is 0 Å². The molecule has 2 saturated heterocycles. The van der Waals surface area contributed by atoms with Crippen molar-refractivity contribution < 1.29 is 23.3 Å². The van der Waals surface area contributed by atoms with Gasteiger partial charge in [0.15, 0.2) is 20.0 Å². The summed E-state index contributed by atoms with van der Waals surface area (Å²) in [5.74, 6) is 0.326. The Bertz CT molecular complexity index is 759. The minimum Gasteiger partial charge on any atom is -0.615 e. The van der Waals surface area contributed by atoms with E-state index in [4.69, 9.17) is 9.16 Å². The first-order valence-electron chi connectivity index (χ1n) is 10.8. The molecule has 6 nitrogen and oxygen atoms in total. The van der Waals surface area contributed by atoms with Crippen LogP contribution in [0.2, 0.25) is 5.04 Å². The van der Waals surface area contributed by atoms with Crippen LogP contribution in [0.5, 0.6) is 0 Å². The molecule has 174 valence electrons. The van der Waals surface area contributed by atoms with E-state index in [9.17, 15) is 14.1 Å². The summed E-state index contributed by atoms with van der Waals surface area (Å²) in [5.41, 5.74) is 0.305. The molecule has 0 N–H and O–H groups in total. The van der Waals surface area contributed by atoms with Crippen molar-refractivity contribution in [1.82, 2.24) is 4.90 Å². The van der Waals surface area contributed by atoms with Crippen molar-refractivity contribution in [3.63, 3.8) is 0 Å². The van der Waals surface area contributed by atoms with Crippen LogP contribution < -0.4 is 0 Å². The largest absolute Gasteiger partial charge is 0.615 e. The lowest BCUT2D eigenvalue weighted by atomic mass is 9.92. The molecule has 0 aromatic carbocycles. The summed E-state index contributed by atoms with van der Waals surface area (Å²) in [7, 11) is -0.843. The molecule has 3 aliphatic rings. The number of hydrogen-bond donors (Lipinski definition) is 0. The molecule has 2 fully saturated rings. The van der Waals surface area contributed by atoms with Gasteiger partial charge in [-0.3, -0.25) is 9.69 Å². The number of rotatable bonds is 10. The molecule has 10 heteroatoms. The Kier molecular flexibility index (Phi) is 8.35. The van der Waals surface area contributed by atoms with Gasteiger partial charge >= 0.3 is 5.97 Å². The topological polar surface area (TPSA) is 78.9 Å². The van der Waals surface area contributed by atoms with Gasteiger partial charge in [0.1, 0.15) is 17.7 Å². The molecule has 0 saturated carbocycles. The lowest BCUT2D eigenvalue weighted by molar-refractivity contribution is -0.157. The molecule has 3 heterocycles. The molecule has 0 aromatic heterocycles. The van der Waals surface area contributed by atoms with E-state index >= 15 is 0 Å². The molecule has 31 heavy (non-hydrogen) atoms. The number of β-lactam (4-membered cyclic amide) rings is 1. The van der Waals surface area contributed by atoms with Crippen molar-refractivity contribution in [3.05, 3.63) is 22.6 Å². The molecule has 1 amide bonds. The van der Waals surface area contributed by atoms with Crippen LogP contribution in [-0.4, -0.2) is 59.5 Å². The average molecular weight is 504 g/mol. The molecule has 5 atom stereocenters. The zero-order chi connectivity index (χ0) is 22.9. The smallest absolute Gasteiger partial charge is 0.357 e. The van der Waals surface area contributed by atoms with E-state index in [1.165, 1.54) is 29.6 Å². The summed E-state index contributed by atoms with van der Waals surface area (Å²) < 4.78 is 24.6. The summed E-state index contributed by atoms with van der Waals surface area (Å²) in [6.45, 7) is 14.5. The van der Waals surface area contributed by atoms with E-state index in [2.05, 4.69) is 34.3 Å². The Balaban J connectivity index is 1.73. The zero-order valence-corrected chi connectivity index (χ0v) is 22.8. The van der Waals surface area contributed by atoms with E-state index < -0.39 is 26.9 Å². The highest BCUT2D eigenvalue weighted by molar-refractivity contribution is 8.27. The molecule has 3 unspecified atom stereocenters. The van der Waals surface area contributed by atoms with E-state index in [0.29, 0.717) is 17.4 Å². The summed E-state index contributed by atoms with van der Waals surface area (Å²) in [4.78, 5) is 27.4. The lowest BCUT2D eigenvalue weighted by Gasteiger charge is -2.45. The SMILES string of the molecule is C=CCOC(=O)C1=C(SC2CCC[S+]2[O-])S[C@@H]2[C@@H](C(C)O[SiH2]C(C)(C)C(C)C)C(=O)N12. The molecule has 0 radical (unpaired) electrons. The minimum atomic E-state index is -0.912. The summed E-state index contributed by atoms with van der Waals surface area (Å²) in [6.07, 6.45) is 3.10. The van der Waals surface area contributed by atoms with Crippen LogP contribution in [0.3, 0.4) is 0 Å². The number of carbonyl (C=O) groups is 2. The van der Waals surface area contributed by atoms with Gasteiger partial charge < -0.3 is 13.7 Å². The van der Waals surface area contributed by atoms with Crippen molar-refractivity contribution in [3.8, 4) is 0 Å². The second kappa shape index (κ2) is 10.3. The fourth-order valence-electron chi connectivity index (χ4n) is 3.52. The first-order valence-corrected chi connectivity index (χ1v) is 15.2. The van der Waals surface area contributed by atoms with E-state index in [1.54, 1.807) is 4.90 Å². The fraction of sp³-hybridized carbons (Fsp3) is 0.714. The van der Waals surface area contributed by atoms with Crippen molar-refractivity contribution in [2.75, 3.05) is 12.4 Å². The van der Waals surface area contributed by atoms with E-state index in [-0.39, 0.29) is 39.5 Å². The highest BCUT2D eigenvalue weighted by Gasteiger charge is 2.59. The summed E-state index contributed by atoms with van der Waals surface area (Å²) >= 11 is 2.08. The van der Waals surface area contributed by atoms with Crippen molar-refractivity contribution in [1.29, 1.82) is 0 Å². The Morgan fingerprint density at radius 1 is 1.48 bits per heavy atom. The third-order valence-electron chi connectivity index (χ3n) is 6.38. The number of nitrogens with zero attached hydrogens (tertiary/aromatic N) is 1. The zero-order valence-electron chi connectivity index (χ0n) is 18.9. The van der Waals surface area contributed by atoms with E-state index in [0.717, 1.165) is 17.1 Å². The predicted octanol–water partition coefficient (Wildman–Crippen LogP) is 3.36. The van der Waals surface area contributed by atoms with Crippen LogP contribution in [0.1, 0.15) is 47.5 Å². The van der Waals surface area contributed by atoms with Crippen molar-refractivity contribution >= 4 is 56.3 Å². The van der Waals surface area contributed by atoms with Crippen LogP contribution >= 0.6 is 23.5 Å². The minimum absolute atomic E-state index is 0.0371. The van der Waals surface area contributed by atoms with Gasteiger partial charge in [-0.25, -0.2) is 4.79 Å². The van der Waals surface area contributed by atoms with Crippen molar-refractivity contribution in [2.45, 2.75) is 68.6 Å². The number of fused-ring (bicyclic) bond motifs is 1. The van der Waals surface area contributed by atoms with Gasteiger partial charge in [-0.1, -0.05) is 63.9 Å². The maximum absolute atomic E-state index is 13.1. The quantitative estimate of drug-likeness (QED) is 0.149. The Labute approximate surface area is 199 Å². The molecule has 3 rings (SSSR count). The van der Waals surface area contributed by atoms with Gasteiger partial charge in [0.05, 0.1) is 16.3 Å². The number of ether oxygens (including phenoxy) is 1. The van der Waals surface area contributed by atoms with Gasteiger partial charge in [-0.15, -0.1) is 0 Å². The molecule has 0 aromatic rings. The number of hydrogen-bond acceptors (Lipinski definition) is 7. The van der Waals surface area contributed by atoms with Gasteiger partial charge in [0.2, 0.25) is 5.91 Å². The fourth-order valence-corrected chi connectivity index (χ4v) is 10.1. The lowest BCUT2D eigenvalue weighted by Crippen LogP contribution is -2.61. The number of amides is 1. The average Bonchev–Trinajstić information content (AvgIpc) is 3.26. The first kappa shape index (κ1) is 25.2. The van der Waals surface area contributed by atoms with Crippen LogP contribution in [0.25, 0.3) is 0 Å². The van der Waals surface area contributed by atoms with E-state index in [1.807, 2.05) is 6.92 Å². The molecule has 3 aliphatic heterocycles. The normalized spacial score (nSPS) is 29.6. The molecule has 0 spiro atoms. The second-order valence-electron chi connectivity index (χ2n) is 9.20. The Hall–Kier alpha value is -0.393. The summed E-state index contributed by atoms with van der Waals surface area (Å²) in [6, 6.07) is 0. The third-order valence-corrected chi connectivity index (χ3v) is 13.7. The monoisotopic (exact) mass is 503 g/mol. The Morgan fingerprint density at radius 2 is 2.19 bits per heavy atom. The maximum Gasteiger partial charge on any atom is 0.357 e. The number of thioether (sulfide) groups is 2. The van der Waals surface area contributed by atoms with Crippen LogP contribution in [-0.2, 0) is 29.9 Å². The number of carbonyl (C=O) groups excluding carboxylic acids is 2. The second-order valence-corrected chi connectivity index (χ2v) is 16.3. The van der Waals surface area contributed by atoms with Crippen LogP contribution in [0, 0.1) is 11.8 Å². The van der Waals surface area contributed by atoms with Gasteiger partial charge in [0, 0.05) is 6.42 Å². The van der Waals surface area contributed by atoms with Crippen molar-refractivity contribution in [2.24, 2.45) is 11.8 Å².